The summed E-state index contributed by atoms with van der Waals surface area (Å²) in [7, 11) is 2.49. The molecule has 1 fully saturated rings. The molecule has 3 aromatic rings. The highest BCUT2D eigenvalue weighted by Gasteiger charge is 2.57. The lowest BCUT2D eigenvalue weighted by Crippen LogP contribution is -2.45. The van der Waals surface area contributed by atoms with E-state index in [4.69, 9.17) is 9.47 Å². The van der Waals surface area contributed by atoms with Gasteiger partial charge in [-0.15, -0.1) is 0 Å². The number of ketones is 1. The first kappa shape index (κ1) is 25.5. The number of fused-ring (bicyclic) bond motifs is 2. The smallest absolute Gasteiger partial charge is 0.238 e. The number of allylic oxidation sites excluding steroid dienone is 1. The van der Waals surface area contributed by atoms with Gasteiger partial charge in [0.1, 0.15) is 11.5 Å². The number of aryl methyl sites for hydroxylation is 1. The van der Waals surface area contributed by atoms with Crippen LogP contribution in [0.1, 0.15) is 35.1 Å². The van der Waals surface area contributed by atoms with Crippen molar-refractivity contribution < 1.29 is 32.2 Å². The minimum Gasteiger partial charge on any atom is -0.493 e. The molecule has 5 rings (SSSR count). The van der Waals surface area contributed by atoms with E-state index in [-0.39, 0.29) is 35.8 Å². The monoisotopic (exact) mass is 522 g/mol. The summed E-state index contributed by atoms with van der Waals surface area (Å²) in [6.07, 6.45) is 3.60. The van der Waals surface area contributed by atoms with Gasteiger partial charge in [-0.3, -0.25) is 14.6 Å². The molecule has 0 atom stereocenters. The summed E-state index contributed by atoms with van der Waals surface area (Å²) in [6.45, 7) is 5.07. The first-order chi connectivity index (χ1) is 18.1. The Morgan fingerprint density at radius 1 is 1.11 bits per heavy atom. The second-order valence-electron chi connectivity index (χ2n) is 9.56. The summed E-state index contributed by atoms with van der Waals surface area (Å²) < 4.78 is 55.2. The Morgan fingerprint density at radius 2 is 1.76 bits per heavy atom. The Morgan fingerprint density at radius 3 is 2.34 bits per heavy atom. The molecule has 1 aliphatic carbocycles. The van der Waals surface area contributed by atoms with Crippen molar-refractivity contribution in [3.8, 4) is 22.8 Å². The Hall–Kier alpha value is -4.14. The molecule has 1 saturated carbocycles. The lowest BCUT2D eigenvalue weighted by atomic mass is 9.85. The molecule has 1 aliphatic heterocycles. The largest absolute Gasteiger partial charge is 0.493 e. The molecule has 38 heavy (non-hydrogen) atoms. The number of halogens is 3. The van der Waals surface area contributed by atoms with Crippen LogP contribution in [0.3, 0.4) is 0 Å². The first-order valence-corrected chi connectivity index (χ1v) is 12.0. The molecular weight excluding hydrogens is 497 g/mol. The Kier molecular flexibility index (Phi) is 6.25. The number of rotatable bonds is 7. The zero-order valence-electron chi connectivity index (χ0n) is 21.2. The maximum absolute atomic E-state index is 15.3. The molecule has 2 aromatic carbocycles. The van der Waals surface area contributed by atoms with E-state index >= 15 is 8.78 Å². The number of methoxy groups -OCH3 is 2. The van der Waals surface area contributed by atoms with Crippen LogP contribution >= 0.6 is 0 Å². The maximum atomic E-state index is 15.3. The molecule has 1 amide bonds. The van der Waals surface area contributed by atoms with Crippen molar-refractivity contribution >= 4 is 17.4 Å². The lowest BCUT2D eigenvalue weighted by Gasteiger charge is -2.35. The van der Waals surface area contributed by atoms with Crippen LogP contribution in [-0.2, 0) is 28.0 Å². The highest BCUT2D eigenvalue weighted by atomic mass is 19.1. The van der Waals surface area contributed by atoms with Gasteiger partial charge in [-0.2, -0.15) is 0 Å². The van der Waals surface area contributed by atoms with E-state index in [9.17, 15) is 14.0 Å². The Labute approximate surface area is 217 Å². The van der Waals surface area contributed by atoms with Crippen LogP contribution in [0.2, 0.25) is 0 Å². The van der Waals surface area contributed by atoms with Crippen LogP contribution in [0.4, 0.5) is 18.9 Å². The van der Waals surface area contributed by atoms with E-state index in [0.29, 0.717) is 35.2 Å². The molecule has 196 valence electrons. The van der Waals surface area contributed by atoms with Crippen molar-refractivity contribution in [2.75, 3.05) is 19.1 Å². The van der Waals surface area contributed by atoms with E-state index in [0.717, 1.165) is 22.6 Å². The summed E-state index contributed by atoms with van der Waals surface area (Å²) >= 11 is 0. The predicted octanol–water partition coefficient (Wildman–Crippen LogP) is 5.37. The standard InChI is InChI=1S/C29H25F3N2O4/c1-5-18(35)9-16-10-19(15(2)8-21(16)30)22-11-20-17(13-33-22)14-34(28(36)29(20)6-7-29)27-25(31)23(37-3)12-24(38-4)26(27)32/h5,8,10-13H,1,6-7,9,14H2,2-4H3. The van der Waals surface area contributed by atoms with E-state index in [1.54, 1.807) is 25.3 Å². The SMILES string of the molecule is C=CC(=O)Cc1cc(-c2cc3c(cn2)CN(c2c(F)c(OC)cc(OC)c2F)C(=O)C32CC2)c(C)cc1F. The highest BCUT2D eigenvalue weighted by molar-refractivity contribution is 6.05. The number of hydrogen-bond acceptors (Lipinski definition) is 5. The average molecular weight is 523 g/mol. The second kappa shape index (κ2) is 9.31. The number of anilines is 1. The number of hydrogen-bond donors (Lipinski definition) is 0. The number of nitrogens with zero attached hydrogens (tertiary/aromatic N) is 2. The first-order valence-electron chi connectivity index (χ1n) is 12.0. The third kappa shape index (κ3) is 3.93. The van der Waals surface area contributed by atoms with Crippen LogP contribution in [-0.4, -0.2) is 30.9 Å². The summed E-state index contributed by atoms with van der Waals surface area (Å²) in [5.41, 5.74) is 1.87. The van der Waals surface area contributed by atoms with Gasteiger partial charge in [0.15, 0.2) is 28.9 Å². The molecule has 0 N–H and O–H groups in total. The van der Waals surface area contributed by atoms with Gasteiger partial charge in [0.2, 0.25) is 5.91 Å². The Bertz CT molecular complexity index is 1490. The number of amides is 1. The lowest BCUT2D eigenvalue weighted by molar-refractivity contribution is -0.121. The second-order valence-corrected chi connectivity index (χ2v) is 9.56. The highest BCUT2D eigenvalue weighted by Crippen LogP contribution is 2.55. The molecule has 1 spiro atoms. The van der Waals surface area contributed by atoms with Gasteiger partial charge in [-0.05, 0) is 66.3 Å². The van der Waals surface area contributed by atoms with Gasteiger partial charge >= 0.3 is 0 Å². The summed E-state index contributed by atoms with van der Waals surface area (Å²) in [4.78, 5) is 31.2. The fraction of sp³-hybridized carbons (Fsp3) is 0.276. The van der Waals surface area contributed by atoms with Crippen LogP contribution in [0.25, 0.3) is 11.3 Å². The molecule has 1 aromatic heterocycles. The topological polar surface area (TPSA) is 68.7 Å². The normalized spacial score (nSPS) is 15.3. The number of aromatic nitrogens is 1. The summed E-state index contributed by atoms with van der Waals surface area (Å²) in [5.74, 6) is -3.71. The fourth-order valence-corrected chi connectivity index (χ4v) is 5.11. The van der Waals surface area contributed by atoms with E-state index < -0.39 is 34.5 Å². The van der Waals surface area contributed by atoms with E-state index in [1.807, 2.05) is 0 Å². The van der Waals surface area contributed by atoms with Gasteiger partial charge in [0.05, 0.1) is 31.9 Å². The van der Waals surface area contributed by atoms with Gasteiger partial charge in [0, 0.05) is 24.2 Å². The van der Waals surface area contributed by atoms with E-state index in [1.165, 1.54) is 20.3 Å². The maximum Gasteiger partial charge on any atom is 0.238 e. The Balaban J connectivity index is 1.60. The molecule has 2 heterocycles. The molecule has 9 heteroatoms. The third-order valence-corrected chi connectivity index (χ3v) is 7.32. The fourth-order valence-electron chi connectivity index (χ4n) is 5.11. The minimum absolute atomic E-state index is 0.102. The van der Waals surface area contributed by atoms with Crippen molar-refractivity contribution in [3.63, 3.8) is 0 Å². The molecule has 0 radical (unpaired) electrons. The molecule has 0 bridgehead atoms. The molecular formula is C29H25F3N2O4. The van der Waals surface area contributed by atoms with E-state index in [2.05, 4.69) is 11.6 Å². The van der Waals surface area contributed by atoms with Crippen LogP contribution in [0.15, 0.2) is 43.1 Å². The van der Waals surface area contributed by atoms with Gasteiger partial charge in [-0.25, -0.2) is 13.2 Å². The number of benzene rings is 2. The third-order valence-electron chi connectivity index (χ3n) is 7.32. The van der Waals surface area contributed by atoms with Crippen molar-refractivity contribution in [1.29, 1.82) is 0 Å². The van der Waals surface area contributed by atoms with Crippen molar-refractivity contribution in [3.05, 3.63) is 82.8 Å². The average Bonchev–Trinajstić information content (AvgIpc) is 3.70. The molecule has 0 saturated heterocycles. The number of carbonyl (C=O) groups is 2. The number of ether oxygens (including phenoxy) is 2. The van der Waals surface area contributed by atoms with Crippen molar-refractivity contribution in [2.45, 2.75) is 38.1 Å². The summed E-state index contributed by atoms with van der Waals surface area (Å²) in [6, 6.07) is 5.82. The van der Waals surface area contributed by atoms with Gasteiger partial charge in [0.25, 0.3) is 0 Å². The van der Waals surface area contributed by atoms with Crippen LogP contribution in [0, 0.1) is 24.4 Å². The quantitative estimate of drug-likeness (QED) is 0.391. The van der Waals surface area contributed by atoms with Crippen molar-refractivity contribution in [2.24, 2.45) is 0 Å². The molecule has 2 aliphatic rings. The number of carbonyl (C=O) groups excluding carboxylic acids is 2. The zero-order chi connectivity index (χ0) is 27.4. The zero-order valence-corrected chi connectivity index (χ0v) is 21.2. The summed E-state index contributed by atoms with van der Waals surface area (Å²) in [5, 5.41) is 0. The van der Waals surface area contributed by atoms with Gasteiger partial charge in [-0.1, -0.05) is 6.58 Å². The molecule has 0 unspecified atom stereocenters. The predicted molar refractivity (Wildman–Crippen MR) is 135 cm³/mol. The van der Waals surface area contributed by atoms with Crippen molar-refractivity contribution in [1.82, 2.24) is 4.98 Å². The number of pyridine rings is 1. The van der Waals surface area contributed by atoms with Gasteiger partial charge < -0.3 is 14.4 Å². The van der Waals surface area contributed by atoms with Crippen LogP contribution < -0.4 is 14.4 Å². The minimum atomic E-state index is -0.994. The molecule has 6 nitrogen and oxygen atoms in total. The van der Waals surface area contributed by atoms with Crippen LogP contribution in [0.5, 0.6) is 11.5 Å².